The number of pyridine rings is 1. The molecule has 40 heavy (non-hydrogen) atoms. The molecule has 3 aliphatic rings. The van der Waals surface area contributed by atoms with E-state index in [1.165, 1.54) is 11.3 Å². The standard InChI is InChI=1S/C30H36N6OS.C2H6/c1-18-10-24(19(2)33-27-8-6-7-9-28(27)38-5)25-13-29(34(4)30(37)26(25)11-18)36-17-21-12-22(36)16-35(21)23-14-31-20(3)32-15-23;1-2/h6-8,10-11,13-15,19,21-22,28,33H,9,12,16-17H2,1-5H3;1-2H3/t19-,21-,22?,28?;/m1./s1. The van der Waals surface area contributed by atoms with Gasteiger partial charge in [0, 0.05) is 54.6 Å². The summed E-state index contributed by atoms with van der Waals surface area (Å²) in [5.41, 5.74) is 4.70. The molecule has 212 valence electrons. The highest BCUT2D eigenvalue weighted by Gasteiger charge is 2.44. The number of allylic oxidation sites excluding steroid dienone is 3. The molecule has 2 saturated heterocycles. The van der Waals surface area contributed by atoms with Crippen LogP contribution in [-0.2, 0) is 7.05 Å². The highest BCUT2D eigenvalue weighted by molar-refractivity contribution is 7.99. The van der Waals surface area contributed by atoms with Crippen LogP contribution in [0.4, 0.5) is 11.5 Å². The highest BCUT2D eigenvalue weighted by atomic mass is 32.2. The number of aromatic nitrogens is 3. The normalized spacial score (nSPS) is 22.3. The Balaban J connectivity index is 0.00000158. The SMILES string of the molecule is CC.CSC1CC=CC=C1N[C@H](C)c1cc(C)cc2c(=O)n(C)c(N3C[C@H]4CC3CN4c3cnc(C)nc3)cc12. The molecule has 7 nitrogen and oxygen atoms in total. The van der Waals surface area contributed by atoms with Gasteiger partial charge in [0.1, 0.15) is 11.6 Å². The molecule has 1 aliphatic carbocycles. The van der Waals surface area contributed by atoms with Gasteiger partial charge in [-0.05, 0) is 74.6 Å². The minimum atomic E-state index is 0.0722. The highest BCUT2D eigenvalue weighted by Crippen LogP contribution is 2.38. The average Bonchev–Trinajstić information content (AvgIpc) is 3.58. The smallest absolute Gasteiger partial charge is 0.259 e. The maximum Gasteiger partial charge on any atom is 0.259 e. The van der Waals surface area contributed by atoms with Crippen molar-refractivity contribution in [2.24, 2.45) is 7.05 Å². The van der Waals surface area contributed by atoms with Crippen molar-refractivity contribution < 1.29 is 0 Å². The Bertz CT molecular complexity index is 1490. The zero-order valence-corrected chi connectivity index (χ0v) is 25.6. The molecular formula is C32H42N6OS. The second-order valence-electron chi connectivity index (χ2n) is 10.9. The Morgan fingerprint density at radius 3 is 2.40 bits per heavy atom. The molecule has 8 heteroatoms. The van der Waals surface area contributed by atoms with Crippen LogP contribution in [0.3, 0.4) is 0 Å². The van der Waals surface area contributed by atoms with Gasteiger partial charge in [0.15, 0.2) is 0 Å². The fourth-order valence-electron chi connectivity index (χ4n) is 6.41. The molecule has 2 aliphatic heterocycles. The van der Waals surface area contributed by atoms with Gasteiger partial charge in [-0.25, -0.2) is 9.97 Å². The lowest BCUT2D eigenvalue weighted by molar-refractivity contribution is 0.623. The van der Waals surface area contributed by atoms with E-state index in [2.05, 4.69) is 75.5 Å². The number of rotatable bonds is 6. The zero-order valence-electron chi connectivity index (χ0n) is 24.8. The number of hydrogen-bond donors (Lipinski definition) is 1. The summed E-state index contributed by atoms with van der Waals surface area (Å²) in [4.78, 5) is 27.4. The summed E-state index contributed by atoms with van der Waals surface area (Å²) in [7, 11) is 1.92. The van der Waals surface area contributed by atoms with Gasteiger partial charge in [-0.3, -0.25) is 9.36 Å². The third kappa shape index (κ3) is 5.14. The maximum atomic E-state index is 13.7. The van der Waals surface area contributed by atoms with E-state index in [4.69, 9.17) is 0 Å². The summed E-state index contributed by atoms with van der Waals surface area (Å²) in [6.45, 7) is 12.0. The fraction of sp³-hybridized carbons (Fsp3) is 0.469. The maximum absolute atomic E-state index is 13.7. The van der Waals surface area contributed by atoms with Crippen molar-refractivity contribution in [1.82, 2.24) is 19.9 Å². The van der Waals surface area contributed by atoms with Crippen LogP contribution < -0.4 is 20.7 Å². The lowest BCUT2D eigenvalue weighted by Crippen LogP contribution is -2.48. The van der Waals surface area contributed by atoms with Gasteiger partial charge >= 0.3 is 0 Å². The molecule has 0 radical (unpaired) electrons. The number of hydrogen-bond acceptors (Lipinski definition) is 7. The van der Waals surface area contributed by atoms with Gasteiger partial charge < -0.3 is 15.1 Å². The van der Waals surface area contributed by atoms with Crippen LogP contribution in [0.1, 0.15) is 56.6 Å². The van der Waals surface area contributed by atoms with Crippen molar-refractivity contribution in [3.05, 3.63) is 81.8 Å². The summed E-state index contributed by atoms with van der Waals surface area (Å²) < 4.78 is 1.85. The molecule has 2 unspecified atom stereocenters. The first-order valence-electron chi connectivity index (χ1n) is 14.5. The largest absolute Gasteiger partial charge is 0.381 e. The van der Waals surface area contributed by atoms with Crippen molar-refractivity contribution in [2.75, 3.05) is 29.1 Å². The van der Waals surface area contributed by atoms with Crippen LogP contribution >= 0.6 is 11.8 Å². The molecule has 6 rings (SSSR count). The van der Waals surface area contributed by atoms with Crippen molar-refractivity contribution >= 4 is 34.0 Å². The molecule has 1 aromatic carbocycles. The van der Waals surface area contributed by atoms with E-state index >= 15 is 0 Å². The van der Waals surface area contributed by atoms with E-state index in [1.54, 1.807) is 0 Å². The zero-order chi connectivity index (χ0) is 28.6. The molecule has 4 atom stereocenters. The van der Waals surface area contributed by atoms with E-state index in [0.29, 0.717) is 17.3 Å². The van der Waals surface area contributed by atoms with Crippen LogP contribution in [0.2, 0.25) is 0 Å². The topological polar surface area (TPSA) is 66.3 Å². The van der Waals surface area contributed by atoms with Gasteiger partial charge in [0.2, 0.25) is 0 Å². The molecule has 0 spiro atoms. The quantitative estimate of drug-likeness (QED) is 0.418. The summed E-state index contributed by atoms with van der Waals surface area (Å²) in [6.07, 6.45) is 14.7. The fourth-order valence-corrected chi connectivity index (χ4v) is 7.11. The van der Waals surface area contributed by atoms with Gasteiger partial charge in [-0.2, -0.15) is 11.8 Å². The van der Waals surface area contributed by atoms with Gasteiger partial charge in [-0.1, -0.05) is 32.1 Å². The van der Waals surface area contributed by atoms with Crippen LogP contribution in [-0.4, -0.2) is 51.2 Å². The van der Waals surface area contributed by atoms with Crippen LogP contribution in [0.15, 0.2) is 59.3 Å². The Hall–Kier alpha value is -3.26. The number of aryl methyl sites for hydroxylation is 2. The van der Waals surface area contributed by atoms with E-state index in [0.717, 1.165) is 59.6 Å². The van der Waals surface area contributed by atoms with Crippen LogP contribution in [0.25, 0.3) is 10.8 Å². The number of fused-ring (bicyclic) bond motifs is 3. The van der Waals surface area contributed by atoms with Gasteiger partial charge in [-0.15, -0.1) is 0 Å². The summed E-state index contributed by atoms with van der Waals surface area (Å²) in [6, 6.07) is 7.37. The summed E-state index contributed by atoms with van der Waals surface area (Å²) in [5, 5.41) is 6.06. The number of nitrogens with one attached hydrogen (secondary N) is 1. The number of nitrogens with zero attached hydrogens (tertiary/aromatic N) is 5. The number of anilines is 2. The van der Waals surface area contributed by atoms with Crippen molar-refractivity contribution in [1.29, 1.82) is 0 Å². The number of thioether (sulfide) groups is 1. The first-order valence-corrected chi connectivity index (χ1v) is 15.7. The van der Waals surface area contributed by atoms with Crippen molar-refractivity contribution in [3.63, 3.8) is 0 Å². The van der Waals surface area contributed by atoms with E-state index in [9.17, 15) is 4.79 Å². The van der Waals surface area contributed by atoms with E-state index < -0.39 is 0 Å². The lowest BCUT2D eigenvalue weighted by Gasteiger charge is -2.37. The lowest BCUT2D eigenvalue weighted by atomic mass is 9.96. The second kappa shape index (κ2) is 11.7. The second-order valence-corrected chi connectivity index (χ2v) is 11.9. The van der Waals surface area contributed by atoms with Crippen molar-refractivity contribution in [3.8, 4) is 0 Å². The molecular weight excluding hydrogens is 516 g/mol. The monoisotopic (exact) mass is 558 g/mol. The van der Waals surface area contributed by atoms with Gasteiger partial charge in [0.05, 0.1) is 18.1 Å². The summed E-state index contributed by atoms with van der Waals surface area (Å²) in [5.74, 6) is 1.80. The predicted molar refractivity (Wildman–Crippen MR) is 170 cm³/mol. The van der Waals surface area contributed by atoms with E-state index in [-0.39, 0.29) is 11.6 Å². The van der Waals surface area contributed by atoms with Crippen LogP contribution in [0, 0.1) is 13.8 Å². The molecule has 2 bridgehead atoms. The summed E-state index contributed by atoms with van der Waals surface area (Å²) >= 11 is 1.87. The minimum absolute atomic E-state index is 0.0722. The average molecular weight is 559 g/mol. The third-order valence-corrected chi connectivity index (χ3v) is 9.40. The molecule has 0 saturated carbocycles. The minimum Gasteiger partial charge on any atom is -0.381 e. The first kappa shape index (κ1) is 28.3. The first-order chi connectivity index (χ1) is 19.3. The van der Waals surface area contributed by atoms with Crippen molar-refractivity contribution in [2.45, 2.75) is 70.8 Å². The van der Waals surface area contributed by atoms with Crippen LogP contribution in [0.5, 0.6) is 0 Å². The molecule has 3 aromatic rings. The third-order valence-electron chi connectivity index (χ3n) is 8.39. The number of benzene rings is 1. The molecule has 0 amide bonds. The van der Waals surface area contributed by atoms with Gasteiger partial charge in [0.25, 0.3) is 5.56 Å². The molecule has 1 N–H and O–H groups in total. The Labute approximate surface area is 242 Å². The van der Waals surface area contributed by atoms with E-state index in [1.807, 2.05) is 62.6 Å². The molecule has 2 fully saturated rings. The number of piperazine rings is 1. The molecule has 2 aromatic heterocycles. The predicted octanol–water partition coefficient (Wildman–Crippen LogP) is 5.67. The molecule has 4 heterocycles. The Morgan fingerprint density at radius 1 is 1.02 bits per heavy atom. The Morgan fingerprint density at radius 2 is 1.73 bits per heavy atom. The Kier molecular flexibility index (Phi) is 8.26.